The molecule has 0 atom stereocenters. The van der Waals surface area contributed by atoms with E-state index in [0.717, 1.165) is 6.07 Å². The van der Waals surface area contributed by atoms with Crippen LogP contribution in [0, 0.1) is 12.7 Å². The van der Waals surface area contributed by atoms with Crippen molar-refractivity contribution in [3.8, 4) is 0 Å². The molecule has 0 saturated carbocycles. The van der Waals surface area contributed by atoms with E-state index < -0.39 is 15.8 Å². The van der Waals surface area contributed by atoms with E-state index in [1.165, 1.54) is 18.3 Å². The summed E-state index contributed by atoms with van der Waals surface area (Å²) in [6, 6.07) is 3.77. The SMILES string of the molecule is CCn1cc(S(=O)(=O)Nc2cc(F)ccc2Br)nc1C. The first-order chi connectivity index (χ1) is 9.33. The molecule has 1 heterocycles. The smallest absolute Gasteiger partial charge is 0.280 e. The number of rotatable bonds is 4. The molecule has 2 aromatic rings. The molecule has 5 nitrogen and oxygen atoms in total. The van der Waals surface area contributed by atoms with Crippen molar-refractivity contribution >= 4 is 31.6 Å². The number of aromatic nitrogens is 2. The monoisotopic (exact) mass is 361 g/mol. The number of sulfonamides is 1. The first kappa shape index (κ1) is 15.0. The number of aryl methyl sites for hydroxylation is 2. The number of halogens is 2. The molecule has 0 aliphatic carbocycles. The van der Waals surface area contributed by atoms with Crippen molar-refractivity contribution in [1.29, 1.82) is 0 Å². The maximum atomic E-state index is 13.2. The highest BCUT2D eigenvalue weighted by Crippen LogP contribution is 2.25. The van der Waals surface area contributed by atoms with Crippen molar-refractivity contribution in [3.63, 3.8) is 0 Å². The summed E-state index contributed by atoms with van der Waals surface area (Å²) in [5.41, 5.74) is 0.133. The van der Waals surface area contributed by atoms with Gasteiger partial charge >= 0.3 is 0 Å². The highest BCUT2D eigenvalue weighted by atomic mass is 79.9. The Morgan fingerprint density at radius 2 is 2.15 bits per heavy atom. The molecule has 1 aromatic carbocycles. The van der Waals surface area contributed by atoms with Crippen LogP contribution in [0.2, 0.25) is 0 Å². The topological polar surface area (TPSA) is 64.0 Å². The lowest BCUT2D eigenvalue weighted by molar-refractivity contribution is 0.597. The summed E-state index contributed by atoms with van der Waals surface area (Å²) in [5.74, 6) is 0.0763. The van der Waals surface area contributed by atoms with E-state index in [4.69, 9.17) is 0 Å². The summed E-state index contributed by atoms with van der Waals surface area (Å²) >= 11 is 3.17. The van der Waals surface area contributed by atoms with Gasteiger partial charge < -0.3 is 4.57 Å². The molecular formula is C12H13BrFN3O2S. The summed E-state index contributed by atoms with van der Waals surface area (Å²) < 4.78 is 42.1. The molecule has 0 bridgehead atoms. The summed E-state index contributed by atoms with van der Waals surface area (Å²) in [6.07, 6.45) is 1.45. The van der Waals surface area contributed by atoms with Gasteiger partial charge in [-0.05, 0) is 48.0 Å². The normalized spacial score (nSPS) is 11.6. The van der Waals surface area contributed by atoms with Gasteiger partial charge in [0, 0.05) is 17.2 Å². The van der Waals surface area contributed by atoms with Crippen LogP contribution >= 0.6 is 15.9 Å². The summed E-state index contributed by atoms with van der Waals surface area (Å²) in [5, 5.41) is -0.0898. The zero-order valence-corrected chi connectivity index (χ0v) is 13.3. The Balaban J connectivity index is 2.37. The highest BCUT2D eigenvalue weighted by molar-refractivity contribution is 9.10. The molecule has 20 heavy (non-hydrogen) atoms. The van der Waals surface area contributed by atoms with Crippen LogP contribution in [0.15, 0.2) is 33.9 Å². The van der Waals surface area contributed by atoms with E-state index in [2.05, 4.69) is 25.6 Å². The third kappa shape index (κ3) is 3.01. The zero-order valence-electron chi connectivity index (χ0n) is 10.9. The minimum absolute atomic E-state index is 0.0898. The number of hydrogen-bond acceptors (Lipinski definition) is 3. The van der Waals surface area contributed by atoms with Crippen molar-refractivity contribution in [2.45, 2.75) is 25.4 Å². The lowest BCUT2D eigenvalue weighted by Crippen LogP contribution is -2.14. The first-order valence-corrected chi connectivity index (χ1v) is 8.12. The van der Waals surface area contributed by atoms with Gasteiger partial charge in [-0.1, -0.05) is 0 Å². The van der Waals surface area contributed by atoms with Crippen molar-refractivity contribution in [2.75, 3.05) is 4.72 Å². The number of imidazole rings is 1. The largest absolute Gasteiger partial charge is 0.334 e. The number of nitrogens with zero attached hydrogens (tertiary/aromatic N) is 2. The maximum Gasteiger partial charge on any atom is 0.280 e. The molecule has 1 aromatic heterocycles. The van der Waals surface area contributed by atoms with E-state index in [0.29, 0.717) is 16.8 Å². The Kier molecular flexibility index (Phi) is 4.14. The molecule has 2 rings (SSSR count). The van der Waals surface area contributed by atoms with E-state index in [-0.39, 0.29) is 10.7 Å². The van der Waals surface area contributed by atoms with Gasteiger partial charge in [0.2, 0.25) is 0 Å². The Morgan fingerprint density at radius 3 is 2.75 bits per heavy atom. The lowest BCUT2D eigenvalue weighted by atomic mass is 10.3. The van der Waals surface area contributed by atoms with Crippen LogP contribution in [0.4, 0.5) is 10.1 Å². The van der Waals surface area contributed by atoms with Gasteiger partial charge in [-0.2, -0.15) is 8.42 Å². The quantitative estimate of drug-likeness (QED) is 0.910. The average Bonchev–Trinajstić information content (AvgIpc) is 2.76. The maximum absolute atomic E-state index is 13.2. The van der Waals surface area contributed by atoms with Gasteiger partial charge in [0.15, 0.2) is 5.03 Å². The zero-order chi connectivity index (χ0) is 14.9. The Morgan fingerprint density at radius 1 is 1.45 bits per heavy atom. The molecule has 0 spiro atoms. The van der Waals surface area contributed by atoms with Crippen molar-refractivity contribution < 1.29 is 12.8 Å². The fourth-order valence-corrected chi connectivity index (χ4v) is 3.26. The van der Waals surface area contributed by atoms with Crippen molar-refractivity contribution in [2.24, 2.45) is 0 Å². The fraction of sp³-hybridized carbons (Fsp3) is 0.250. The second-order valence-corrected chi connectivity index (χ2v) is 6.63. The molecule has 0 fully saturated rings. The van der Waals surface area contributed by atoms with Crippen LogP contribution in [0.5, 0.6) is 0 Å². The van der Waals surface area contributed by atoms with Gasteiger partial charge in [-0.3, -0.25) is 4.72 Å². The average molecular weight is 362 g/mol. The molecule has 0 unspecified atom stereocenters. The van der Waals surface area contributed by atoms with Crippen LogP contribution in [0.1, 0.15) is 12.7 Å². The minimum Gasteiger partial charge on any atom is -0.334 e. The van der Waals surface area contributed by atoms with Crippen LogP contribution in [-0.2, 0) is 16.6 Å². The van der Waals surface area contributed by atoms with Gasteiger partial charge in [-0.25, -0.2) is 9.37 Å². The molecule has 108 valence electrons. The summed E-state index contributed by atoms with van der Waals surface area (Å²) in [6.45, 7) is 4.24. The molecule has 0 aliphatic rings. The van der Waals surface area contributed by atoms with Gasteiger partial charge in [-0.15, -0.1) is 0 Å². The van der Waals surface area contributed by atoms with Crippen LogP contribution < -0.4 is 4.72 Å². The van der Waals surface area contributed by atoms with Gasteiger partial charge in [0.25, 0.3) is 10.0 Å². The van der Waals surface area contributed by atoms with E-state index in [9.17, 15) is 12.8 Å². The molecule has 0 radical (unpaired) electrons. The highest BCUT2D eigenvalue weighted by Gasteiger charge is 2.20. The number of benzene rings is 1. The number of anilines is 1. The minimum atomic E-state index is -3.84. The van der Waals surface area contributed by atoms with Crippen molar-refractivity contribution in [1.82, 2.24) is 9.55 Å². The van der Waals surface area contributed by atoms with E-state index in [1.807, 2.05) is 6.92 Å². The Hall–Kier alpha value is -1.41. The second kappa shape index (κ2) is 5.53. The molecule has 1 N–H and O–H groups in total. The number of nitrogens with one attached hydrogen (secondary N) is 1. The molecule has 0 saturated heterocycles. The van der Waals surface area contributed by atoms with Crippen molar-refractivity contribution in [3.05, 3.63) is 40.5 Å². The summed E-state index contributed by atoms with van der Waals surface area (Å²) in [4.78, 5) is 4.00. The van der Waals surface area contributed by atoms with E-state index in [1.54, 1.807) is 11.5 Å². The Labute approximate surface area is 125 Å². The fourth-order valence-electron chi connectivity index (χ4n) is 1.70. The lowest BCUT2D eigenvalue weighted by Gasteiger charge is -2.07. The molecule has 0 amide bonds. The third-order valence-corrected chi connectivity index (χ3v) is 4.67. The summed E-state index contributed by atoms with van der Waals surface area (Å²) in [7, 11) is -3.84. The van der Waals surface area contributed by atoms with Crippen LogP contribution in [0.3, 0.4) is 0 Å². The predicted octanol–water partition coefficient (Wildman–Crippen LogP) is 2.91. The molecule has 0 aliphatic heterocycles. The van der Waals surface area contributed by atoms with E-state index >= 15 is 0 Å². The third-order valence-electron chi connectivity index (χ3n) is 2.74. The van der Waals surface area contributed by atoms with Crippen LogP contribution in [0.25, 0.3) is 0 Å². The molecule has 8 heteroatoms. The predicted molar refractivity (Wildman–Crippen MR) is 77.5 cm³/mol. The van der Waals surface area contributed by atoms with Crippen LogP contribution in [-0.4, -0.2) is 18.0 Å². The standard InChI is InChI=1S/C12H13BrFN3O2S/c1-3-17-7-12(15-8(17)2)20(18,19)16-11-6-9(14)4-5-10(11)13/h4-7,16H,3H2,1-2H3. The number of hydrogen-bond donors (Lipinski definition) is 1. The Bertz CT molecular complexity index is 743. The van der Waals surface area contributed by atoms with Gasteiger partial charge in [0.05, 0.1) is 5.69 Å². The molecular weight excluding hydrogens is 349 g/mol. The second-order valence-electron chi connectivity index (χ2n) is 4.14. The van der Waals surface area contributed by atoms with Gasteiger partial charge in [0.1, 0.15) is 11.6 Å². The first-order valence-electron chi connectivity index (χ1n) is 5.85.